The second kappa shape index (κ2) is 2.19. The third-order valence-electron chi connectivity index (χ3n) is 7.82. The minimum Gasteiger partial charge on any atom is -0.0653 e. The lowest BCUT2D eigenvalue weighted by Crippen LogP contribution is -2.63. The number of hydrogen-bond acceptors (Lipinski definition) is 0. The van der Waals surface area contributed by atoms with Gasteiger partial charge in [-0.15, -0.1) is 0 Å². The average molecular weight is 238 g/mol. The van der Waals surface area contributed by atoms with E-state index in [1.807, 2.05) is 11.1 Å². The Hall–Kier alpha value is -0.520. The fraction of sp³-hybridized carbons (Fsp3) is 0.778. The van der Waals surface area contributed by atoms with Crippen LogP contribution in [0.25, 0.3) is 0 Å². The van der Waals surface area contributed by atoms with Crippen molar-refractivity contribution in [3.05, 3.63) is 22.8 Å². The molecule has 0 nitrogen and oxygen atoms in total. The van der Waals surface area contributed by atoms with Crippen LogP contribution < -0.4 is 0 Å². The molecule has 3 saturated carbocycles. The normalized spacial score (nSPS) is 65.2. The quantitative estimate of drug-likeness (QED) is 0.583. The molecule has 0 saturated heterocycles. The van der Waals surface area contributed by atoms with Crippen molar-refractivity contribution in [1.29, 1.82) is 0 Å². The first-order chi connectivity index (χ1) is 8.53. The van der Waals surface area contributed by atoms with Crippen LogP contribution in [0.4, 0.5) is 0 Å². The zero-order valence-corrected chi connectivity index (χ0v) is 11.6. The molecule has 3 fully saturated rings. The van der Waals surface area contributed by atoms with Crippen molar-refractivity contribution in [2.24, 2.45) is 34.0 Å². The second-order valence-electron chi connectivity index (χ2n) is 9.27. The molecule has 0 N–H and O–H groups in total. The molecule has 0 aromatic rings. The van der Waals surface area contributed by atoms with Gasteiger partial charge < -0.3 is 0 Å². The third-order valence-corrected chi connectivity index (χ3v) is 7.82. The van der Waals surface area contributed by atoms with Crippen molar-refractivity contribution in [1.82, 2.24) is 0 Å². The van der Waals surface area contributed by atoms with Crippen molar-refractivity contribution in [2.75, 3.05) is 0 Å². The molecule has 0 aromatic heterocycles. The summed E-state index contributed by atoms with van der Waals surface area (Å²) < 4.78 is 0. The van der Waals surface area contributed by atoms with Gasteiger partial charge in [0.15, 0.2) is 0 Å². The van der Waals surface area contributed by atoms with E-state index in [0.717, 1.165) is 17.8 Å². The lowest BCUT2D eigenvalue weighted by Gasteiger charge is -2.70. The van der Waals surface area contributed by atoms with Crippen LogP contribution in [0.1, 0.15) is 52.4 Å². The van der Waals surface area contributed by atoms with Gasteiger partial charge in [-0.3, -0.25) is 0 Å². The van der Waals surface area contributed by atoms with Crippen LogP contribution in [0.3, 0.4) is 0 Å². The van der Waals surface area contributed by atoms with Gasteiger partial charge in [-0.25, -0.2) is 0 Å². The minimum atomic E-state index is 0.632. The Morgan fingerprint density at radius 1 is 1.11 bits per heavy atom. The summed E-state index contributed by atoms with van der Waals surface area (Å²) in [6, 6.07) is 0. The van der Waals surface area contributed by atoms with E-state index in [9.17, 15) is 0 Å². The molecule has 18 heavy (non-hydrogen) atoms. The first-order valence-corrected chi connectivity index (χ1v) is 7.96. The number of fused-ring (bicyclic) bond motifs is 4. The van der Waals surface area contributed by atoms with Crippen molar-refractivity contribution < 1.29 is 0 Å². The van der Waals surface area contributed by atoms with Gasteiger partial charge in [-0.1, -0.05) is 31.1 Å². The Morgan fingerprint density at radius 3 is 2.89 bits per heavy atom. The lowest BCUT2D eigenvalue weighted by molar-refractivity contribution is -0.115. The molecule has 6 unspecified atom stereocenters. The average Bonchev–Trinajstić information content (AvgIpc) is 2.64. The van der Waals surface area contributed by atoms with E-state index in [2.05, 4.69) is 19.9 Å². The first kappa shape index (κ1) is 9.39. The molecule has 1 spiro atoms. The fourth-order valence-corrected chi connectivity index (χ4v) is 8.21. The van der Waals surface area contributed by atoms with Crippen LogP contribution in [0, 0.1) is 34.0 Å². The summed E-state index contributed by atoms with van der Waals surface area (Å²) in [4.78, 5) is 0. The van der Waals surface area contributed by atoms with Gasteiger partial charge in [0.2, 0.25) is 0 Å². The fourth-order valence-electron chi connectivity index (χ4n) is 8.21. The topological polar surface area (TPSA) is 0 Å². The molecule has 6 rings (SSSR count). The summed E-state index contributed by atoms with van der Waals surface area (Å²) in [5.41, 5.74) is 7.63. The van der Waals surface area contributed by atoms with Crippen LogP contribution in [0.5, 0.6) is 0 Å². The highest BCUT2D eigenvalue weighted by atomic mass is 14.8. The van der Waals surface area contributed by atoms with Crippen molar-refractivity contribution in [3.63, 3.8) is 0 Å². The monoisotopic (exact) mass is 238 g/mol. The van der Waals surface area contributed by atoms with Crippen molar-refractivity contribution >= 4 is 0 Å². The maximum absolute atomic E-state index is 2.66. The Labute approximate surface area is 110 Å². The highest BCUT2D eigenvalue weighted by Gasteiger charge is 2.77. The standard InChI is InChI=1S/C18H22/c1-16-6-12-14(7-16)18-9-17(2,8-16)5-10-3-11(15(12)18)13(18)4-10/h4,12,14-15H,3,5-9H2,1-2H3. The van der Waals surface area contributed by atoms with E-state index in [1.54, 1.807) is 24.8 Å². The number of allylic oxidation sites excluding steroid dienone is 4. The molecular weight excluding hydrogens is 216 g/mol. The van der Waals surface area contributed by atoms with Crippen LogP contribution in [0.15, 0.2) is 22.8 Å². The number of hydrogen-bond donors (Lipinski definition) is 0. The molecule has 6 aliphatic carbocycles. The van der Waals surface area contributed by atoms with E-state index in [1.165, 1.54) is 19.3 Å². The highest BCUT2D eigenvalue weighted by molar-refractivity contribution is 5.60. The molecule has 0 radical (unpaired) electrons. The maximum Gasteiger partial charge on any atom is 0.00578 e. The summed E-state index contributed by atoms with van der Waals surface area (Å²) in [7, 11) is 0. The van der Waals surface area contributed by atoms with Crippen LogP contribution >= 0.6 is 0 Å². The van der Waals surface area contributed by atoms with Gasteiger partial charge in [0.25, 0.3) is 0 Å². The molecule has 0 heterocycles. The van der Waals surface area contributed by atoms with E-state index in [-0.39, 0.29) is 0 Å². The SMILES string of the molecule is CC12CC3C(C1)C14CC(C)(CC5=CC1=C(C5)C34)C2. The Bertz CT molecular complexity index is 579. The van der Waals surface area contributed by atoms with Crippen LogP contribution in [-0.2, 0) is 0 Å². The number of rotatable bonds is 0. The Kier molecular flexibility index (Phi) is 1.14. The Morgan fingerprint density at radius 2 is 2.00 bits per heavy atom. The van der Waals surface area contributed by atoms with Gasteiger partial charge >= 0.3 is 0 Å². The minimum absolute atomic E-state index is 0.632. The summed E-state index contributed by atoms with van der Waals surface area (Å²) in [5.74, 6) is 3.24. The van der Waals surface area contributed by atoms with Crippen LogP contribution in [0.2, 0.25) is 0 Å². The van der Waals surface area contributed by atoms with E-state index >= 15 is 0 Å². The summed E-state index contributed by atoms with van der Waals surface area (Å²) >= 11 is 0. The summed E-state index contributed by atoms with van der Waals surface area (Å²) in [5, 5.41) is 0. The van der Waals surface area contributed by atoms with Gasteiger partial charge in [-0.05, 0) is 72.7 Å². The molecule has 6 atom stereocenters. The zero-order valence-electron chi connectivity index (χ0n) is 11.6. The Balaban J connectivity index is 1.67. The largest absolute Gasteiger partial charge is 0.0653 e. The predicted molar refractivity (Wildman–Crippen MR) is 71.9 cm³/mol. The lowest BCUT2D eigenvalue weighted by atomic mass is 9.33. The van der Waals surface area contributed by atoms with Gasteiger partial charge in [-0.2, -0.15) is 0 Å². The summed E-state index contributed by atoms with van der Waals surface area (Å²) in [6.07, 6.45) is 11.6. The molecule has 6 aliphatic rings. The second-order valence-corrected chi connectivity index (χ2v) is 9.27. The molecule has 0 heteroatoms. The predicted octanol–water partition coefficient (Wildman–Crippen LogP) is 4.48. The van der Waals surface area contributed by atoms with E-state index in [4.69, 9.17) is 0 Å². The molecule has 94 valence electrons. The molecular formula is C18H22. The van der Waals surface area contributed by atoms with E-state index in [0.29, 0.717) is 16.2 Å². The van der Waals surface area contributed by atoms with Gasteiger partial charge in [0, 0.05) is 5.41 Å². The molecule has 0 amide bonds. The molecule has 0 aromatic carbocycles. The summed E-state index contributed by atoms with van der Waals surface area (Å²) in [6.45, 7) is 5.24. The molecule has 0 aliphatic heterocycles. The third kappa shape index (κ3) is 0.692. The maximum atomic E-state index is 2.66. The van der Waals surface area contributed by atoms with E-state index < -0.39 is 0 Å². The van der Waals surface area contributed by atoms with Gasteiger partial charge in [0.05, 0.1) is 0 Å². The highest BCUT2D eigenvalue weighted by Crippen LogP contribution is 2.85. The smallest absolute Gasteiger partial charge is 0.00578 e. The first-order valence-electron chi connectivity index (χ1n) is 7.96. The molecule has 6 bridgehead atoms. The van der Waals surface area contributed by atoms with Crippen molar-refractivity contribution in [3.8, 4) is 0 Å². The van der Waals surface area contributed by atoms with Crippen molar-refractivity contribution in [2.45, 2.75) is 52.4 Å². The zero-order chi connectivity index (χ0) is 11.9. The van der Waals surface area contributed by atoms with Gasteiger partial charge in [0.1, 0.15) is 0 Å². The van der Waals surface area contributed by atoms with Crippen LogP contribution in [-0.4, -0.2) is 0 Å².